The third-order valence-electron chi connectivity index (χ3n) is 2.92. The Balaban J connectivity index is 2.35. The van der Waals surface area contributed by atoms with E-state index in [2.05, 4.69) is 31.1 Å². The van der Waals surface area contributed by atoms with Crippen molar-refractivity contribution in [2.45, 2.75) is 33.7 Å². The van der Waals surface area contributed by atoms with Gasteiger partial charge in [-0.3, -0.25) is 4.98 Å². The highest BCUT2D eigenvalue weighted by Gasteiger charge is 2.12. The van der Waals surface area contributed by atoms with Crippen LogP contribution in [-0.2, 0) is 13.0 Å². The van der Waals surface area contributed by atoms with E-state index < -0.39 is 0 Å². The molecule has 0 amide bonds. The summed E-state index contributed by atoms with van der Waals surface area (Å²) in [6, 6.07) is 2.03. The smallest absolute Gasteiger partial charge is 0.125 e. The number of nitrogens with zero attached hydrogens (tertiary/aromatic N) is 2. The SMILES string of the molecule is CCNCc1sc(-c2cnccc2C)nc1CC. The number of aromatic nitrogens is 2. The maximum atomic E-state index is 4.75. The van der Waals surface area contributed by atoms with Crippen molar-refractivity contribution in [3.05, 3.63) is 34.6 Å². The van der Waals surface area contributed by atoms with Crippen molar-refractivity contribution in [2.24, 2.45) is 0 Å². The number of hydrogen-bond acceptors (Lipinski definition) is 4. The number of rotatable bonds is 5. The van der Waals surface area contributed by atoms with E-state index in [-0.39, 0.29) is 0 Å². The Bertz CT molecular complexity index is 520. The van der Waals surface area contributed by atoms with Crippen LogP contribution in [-0.4, -0.2) is 16.5 Å². The first kappa shape index (κ1) is 13.2. The summed E-state index contributed by atoms with van der Waals surface area (Å²) in [6.07, 6.45) is 4.72. The monoisotopic (exact) mass is 261 g/mol. The fraction of sp³-hybridized carbons (Fsp3) is 0.429. The Kier molecular flexibility index (Phi) is 4.44. The maximum Gasteiger partial charge on any atom is 0.125 e. The number of pyridine rings is 1. The summed E-state index contributed by atoms with van der Waals surface area (Å²) in [5.74, 6) is 0. The molecule has 0 atom stereocenters. The summed E-state index contributed by atoms with van der Waals surface area (Å²) < 4.78 is 0. The van der Waals surface area contributed by atoms with E-state index >= 15 is 0 Å². The zero-order valence-corrected chi connectivity index (χ0v) is 12.0. The highest BCUT2D eigenvalue weighted by atomic mass is 32.1. The minimum atomic E-state index is 0.913. The molecule has 96 valence electrons. The molecule has 3 nitrogen and oxygen atoms in total. The van der Waals surface area contributed by atoms with Crippen molar-refractivity contribution < 1.29 is 0 Å². The fourth-order valence-electron chi connectivity index (χ4n) is 1.84. The first-order valence-electron chi connectivity index (χ1n) is 6.36. The van der Waals surface area contributed by atoms with Gasteiger partial charge >= 0.3 is 0 Å². The summed E-state index contributed by atoms with van der Waals surface area (Å²) in [4.78, 5) is 10.3. The molecule has 1 N–H and O–H groups in total. The van der Waals surface area contributed by atoms with Crippen LogP contribution in [0, 0.1) is 6.92 Å². The van der Waals surface area contributed by atoms with Crippen molar-refractivity contribution in [1.82, 2.24) is 15.3 Å². The van der Waals surface area contributed by atoms with Gasteiger partial charge in [-0.15, -0.1) is 11.3 Å². The predicted octanol–water partition coefficient (Wildman–Crippen LogP) is 3.19. The predicted molar refractivity (Wildman–Crippen MR) is 76.8 cm³/mol. The van der Waals surface area contributed by atoms with E-state index in [9.17, 15) is 0 Å². The number of aryl methyl sites for hydroxylation is 2. The summed E-state index contributed by atoms with van der Waals surface area (Å²) in [7, 11) is 0. The molecule has 0 saturated carbocycles. The number of nitrogens with one attached hydrogen (secondary N) is 1. The molecule has 4 heteroatoms. The lowest BCUT2D eigenvalue weighted by Gasteiger charge is -1.99. The van der Waals surface area contributed by atoms with Crippen LogP contribution in [0.4, 0.5) is 0 Å². The highest BCUT2D eigenvalue weighted by molar-refractivity contribution is 7.15. The molecule has 0 saturated heterocycles. The molecule has 0 spiro atoms. The Hall–Kier alpha value is -1.26. The van der Waals surface area contributed by atoms with Crippen molar-refractivity contribution in [2.75, 3.05) is 6.54 Å². The van der Waals surface area contributed by atoms with Gasteiger partial charge < -0.3 is 5.32 Å². The largest absolute Gasteiger partial charge is 0.312 e. The molecule has 2 heterocycles. The zero-order valence-electron chi connectivity index (χ0n) is 11.2. The van der Waals surface area contributed by atoms with E-state index in [0.29, 0.717) is 0 Å². The standard InChI is InChI=1S/C14H19N3S/c1-4-12-13(9-15-5-2)18-14(17-12)11-8-16-7-6-10(11)3/h6-8,15H,4-5,9H2,1-3H3. The first-order chi connectivity index (χ1) is 8.76. The second-order valence-corrected chi connectivity index (χ2v) is 5.30. The molecule has 2 rings (SSSR count). The summed E-state index contributed by atoms with van der Waals surface area (Å²) in [5.41, 5.74) is 3.59. The quantitative estimate of drug-likeness (QED) is 0.898. The van der Waals surface area contributed by atoms with Gasteiger partial charge in [-0.05, 0) is 31.5 Å². The van der Waals surface area contributed by atoms with E-state index in [1.165, 1.54) is 16.1 Å². The lowest BCUT2D eigenvalue weighted by molar-refractivity contribution is 0.727. The Morgan fingerprint density at radius 3 is 2.83 bits per heavy atom. The number of thiazole rings is 1. The van der Waals surface area contributed by atoms with E-state index in [4.69, 9.17) is 4.98 Å². The van der Waals surface area contributed by atoms with Crippen LogP contribution in [0.15, 0.2) is 18.5 Å². The lowest BCUT2D eigenvalue weighted by Crippen LogP contribution is -2.11. The first-order valence-corrected chi connectivity index (χ1v) is 7.18. The highest BCUT2D eigenvalue weighted by Crippen LogP contribution is 2.29. The molecule has 0 fully saturated rings. The third kappa shape index (κ3) is 2.76. The van der Waals surface area contributed by atoms with Gasteiger partial charge in [0.1, 0.15) is 5.01 Å². The minimum Gasteiger partial charge on any atom is -0.312 e. The molecule has 0 aliphatic heterocycles. The molecule has 0 bridgehead atoms. The van der Waals surface area contributed by atoms with Crippen LogP contribution in [0.2, 0.25) is 0 Å². The van der Waals surface area contributed by atoms with Gasteiger partial charge in [0.15, 0.2) is 0 Å². The van der Waals surface area contributed by atoms with E-state index in [0.717, 1.165) is 30.1 Å². The normalized spacial score (nSPS) is 10.8. The molecule has 0 unspecified atom stereocenters. The van der Waals surface area contributed by atoms with Gasteiger partial charge in [0.25, 0.3) is 0 Å². The van der Waals surface area contributed by atoms with Gasteiger partial charge in [-0.25, -0.2) is 4.98 Å². The van der Waals surface area contributed by atoms with Crippen molar-refractivity contribution >= 4 is 11.3 Å². The van der Waals surface area contributed by atoms with E-state index in [1.807, 2.05) is 18.5 Å². The number of hydrogen-bond donors (Lipinski definition) is 1. The van der Waals surface area contributed by atoms with Gasteiger partial charge in [0.05, 0.1) is 5.69 Å². The van der Waals surface area contributed by atoms with Crippen molar-refractivity contribution in [3.63, 3.8) is 0 Å². The molecule has 2 aromatic heterocycles. The summed E-state index contributed by atoms with van der Waals surface area (Å²) >= 11 is 1.78. The summed E-state index contributed by atoms with van der Waals surface area (Å²) in [5, 5.41) is 4.46. The van der Waals surface area contributed by atoms with Crippen LogP contribution in [0.1, 0.15) is 30.0 Å². The third-order valence-corrected chi connectivity index (χ3v) is 4.05. The molecule has 0 aliphatic carbocycles. The molecule has 2 aromatic rings. The second kappa shape index (κ2) is 6.07. The molecule has 18 heavy (non-hydrogen) atoms. The minimum absolute atomic E-state index is 0.913. The van der Waals surface area contributed by atoms with Crippen molar-refractivity contribution in [1.29, 1.82) is 0 Å². The Morgan fingerprint density at radius 2 is 2.17 bits per heavy atom. The lowest BCUT2D eigenvalue weighted by atomic mass is 10.2. The second-order valence-electron chi connectivity index (χ2n) is 4.21. The summed E-state index contributed by atoms with van der Waals surface area (Å²) in [6.45, 7) is 8.29. The molecule has 0 radical (unpaired) electrons. The fourth-order valence-corrected chi connectivity index (χ4v) is 3.03. The average Bonchev–Trinajstić information content (AvgIpc) is 2.80. The van der Waals surface area contributed by atoms with Gasteiger partial charge in [0, 0.05) is 29.4 Å². The molecule has 0 aromatic carbocycles. The van der Waals surface area contributed by atoms with Gasteiger partial charge in [0.2, 0.25) is 0 Å². The van der Waals surface area contributed by atoms with Crippen LogP contribution < -0.4 is 5.32 Å². The average molecular weight is 261 g/mol. The molecular formula is C14H19N3S. The molecule has 0 aliphatic rings. The maximum absolute atomic E-state index is 4.75. The van der Waals surface area contributed by atoms with Crippen LogP contribution >= 0.6 is 11.3 Å². The molecular weight excluding hydrogens is 242 g/mol. The van der Waals surface area contributed by atoms with Crippen molar-refractivity contribution in [3.8, 4) is 10.6 Å². The van der Waals surface area contributed by atoms with Gasteiger partial charge in [-0.1, -0.05) is 13.8 Å². The Morgan fingerprint density at radius 1 is 1.33 bits per heavy atom. The van der Waals surface area contributed by atoms with Gasteiger partial charge in [-0.2, -0.15) is 0 Å². The zero-order chi connectivity index (χ0) is 13.0. The topological polar surface area (TPSA) is 37.8 Å². The van der Waals surface area contributed by atoms with Crippen LogP contribution in [0.25, 0.3) is 10.6 Å². The Labute approximate surface area is 112 Å². The van der Waals surface area contributed by atoms with E-state index in [1.54, 1.807) is 11.3 Å². The van der Waals surface area contributed by atoms with Crippen LogP contribution in [0.5, 0.6) is 0 Å². The van der Waals surface area contributed by atoms with Crippen LogP contribution in [0.3, 0.4) is 0 Å².